The van der Waals surface area contributed by atoms with E-state index in [1.807, 2.05) is 50.2 Å². The molecule has 1 heterocycles. The highest BCUT2D eigenvalue weighted by molar-refractivity contribution is 6.29. The number of halogens is 1. The molecule has 0 spiro atoms. The molecule has 0 saturated carbocycles. The summed E-state index contributed by atoms with van der Waals surface area (Å²) in [6, 6.07) is 9.61. The standard InChI is InChI=1S/C14H15ClN2O/c1-10-9-16-14(15)8-13(10)18-12-6-4-5-11(7-12)17(2)3/h4-9H,1-3H3. The van der Waals surface area contributed by atoms with Gasteiger partial charge in [-0.2, -0.15) is 0 Å². The van der Waals surface area contributed by atoms with Crippen LogP contribution in [0, 0.1) is 6.92 Å². The number of ether oxygens (including phenoxy) is 1. The fourth-order valence-electron chi connectivity index (χ4n) is 1.54. The van der Waals surface area contributed by atoms with Crippen LogP contribution >= 0.6 is 11.6 Å². The van der Waals surface area contributed by atoms with E-state index in [2.05, 4.69) is 4.98 Å². The van der Waals surface area contributed by atoms with Crippen molar-refractivity contribution in [2.75, 3.05) is 19.0 Å². The Bertz CT molecular complexity index is 555. The monoisotopic (exact) mass is 262 g/mol. The highest BCUT2D eigenvalue weighted by Crippen LogP contribution is 2.28. The minimum atomic E-state index is 0.430. The Morgan fingerprint density at radius 3 is 2.72 bits per heavy atom. The molecule has 0 unspecified atom stereocenters. The van der Waals surface area contributed by atoms with Gasteiger partial charge in [0, 0.05) is 43.7 Å². The first-order valence-electron chi connectivity index (χ1n) is 5.63. The number of hydrogen-bond acceptors (Lipinski definition) is 3. The molecular weight excluding hydrogens is 248 g/mol. The van der Waals surface area contributed by atoms with Crippen LogP contribution in [0.25, 0.3) is 0 Å². The number of pyridine rings is 1. The number of benzene rings is 1. The average molecular weight is 263 g/mol. The molecule has 0 aliphatic carbocycles. The van der Waals surface area contributed by atoms with Gasteiger partial charge in [0.1, 0.15) is 16.7 Å². The van der Waals surface area contributed by atoms with Crippen LogP contribution in [0.3, 0.4) is 0 Å². The van der Waals surface area contributed by atoms with Crippen molar-refractivity contribution < 1.29 is 4.74 Å². The number of hydrogen-bond donors (Lipinski definition) is 0. The van der Waals surface area contributed by atoms with E-state index in [9.17, 15) is 0 Å². The van der Waals surface area contributed by atoms with Gasteiger partial charge in [0.15, 0.2) is 0 Å². The lowest BCUT2D eigenvalue weighted by atomic mass is 10.2. The van der Waals surface area contributed by atoms with Gasteiger partial charge in [-0.05, 0) is 19.1 Å². The fourth-order valence-corrected chi connectivity index (χ4v) is 1.69. The number of aromatic nitrogens is 1. The van der Waals surface area contributed by atoms with Crippen molar-refractivity contribution in [2.24, 2.45) is 0 Å². The SMILES string of the molecule is Cc1cnc(Cl)cc1Oc1cccc(N(C)C)c1. The number of aryl methyl sites for hydroxylation is 1. The molecule has 1 aromatic carbocycles. The summed E-state index contributed by atoms with van der Waals surface area (Å²) in [5.74, 6) is 1.51. The second-order valence-corrected chi connectivity index (χ2v) is 4.65. The summed E-state index contributed by atoms with van der Waals surface area (Å²) in [5, 5.41) is 0.430. The van der Waals surface area contributed by atoms with Gasteiger partial charge in [-0.3, -0.25) is 0 Å². The lowest BCUT2D eigenvalue weighted by Gasteiger charge is -2.14. The molecule has 0 fully saturated rings. The Balaban J connectivity index is 2.28. The van der Waals surface area contributed by atoms with Crippen LogP contribution in [0.15, 0.2) is 36.5 Å². The molecule has 0 amide bonds. The Labute approximate surface area is 112 Å². The summed E-state index contributed by atoms with van der Waals surface area (Å²) < 4.78 is 5.83. The third-order valence-corrected chi connectivity index (χ3v) is 2.79. The zero-order valence-corrected chi connectivity index (χ0v) is 11.4. The third-order valence-electron chi connectivity index (χ3n) is 2.58. The van der Waals surface area contributed by atoms with E-state index >= 15 is 0 Å². The number of nitrogens with zero attached hydrogens (tertiary/aromatic N) is 2. The average Bonchev–Trinajstić information content (AvgIpc) is 2.34. The van der Waals surface area contributed by atoms with E-state index in [1.54, 1.807) is 12.3 Å². The van der Waals surface area contributed by atoms with Gasteiger partial charge < -0.3 is 9.64 Å². The minimum Gasteiger partial charge on any atom is -0.457 e. The topological polar surface area (TPSA) is 25.4 Å². The lowest BCUT2D eigenvalue weighted by molar-refractivity contribution is 0.478. The third kappa shape index (κ3) is 2.93. The molecule has 0 aliphatic heterocycles. The summed E-state index contributed by atoms with van der Waals surface area (Å²) in [4.78, 5) is 6.03. The summed E-state index contributed by atoms with van der Waals surface area (Å²) in [6.45, 7) is 1.94. The van der Waals surface area contributed by atoms with Crippen molar-refractivity contribution in [1.82, 2.24) is 4.98 Å². The molecule has 18 heavy (non-hydrogen) atoms. The summed E-state index contributed by atoms with van der Waals surface area (Å²) in [6.07, 6.45) is 1.70. The first kappa shape index (κ1) is 12.7. The molecule has 94 valence electrons. The van der Waals surface area contributed by atoms with Gasteiger partial charge in [0.25, 0.3) is 0 Å². The van der Waals surface area contributed by atoms with Crippen LogP contribution < -0.4 is 9.64 Å². The van der Waals surface area contributed by atoms with Gasteiger partial charge in [0.2, 0.25) is 0 Å². The Hall–Kier alpha value is -1.74. The maximum atomic E-state index is 5.87. The molecule has 0 N–H and O–H groups in total. The van der Waals surface area contributed by atoms with Crippen LogP contribution in [0.5, 0.6) is 11.5 Å². The van der Waals surface area contributed by atoms with Crippen LogP contribution in [0.2, 0.25) is 5.15 Å². The van der Waals surface area contributed by atoms with E-state index in [4.69, 9.17) is 16.3 Å². The van der Waals surface area contributed by atoms with Gasteiger partial charge >= 0.3 is 0 Å². The number of rotatable bonds is 3. The van der Waals surface area contributed by atoms with Crippen molar-refractivity contribution in [3.63, 3.8) is 0 Å². The van der Waals surface area contributed by atoms with E-state index in [-0.39, 0.29) is 0 Å². The molecule has 4 heteroatoms. The minimum absolute atomic E-state index is 0.430. The Morgan fingerprint density at radius 1 is 1.22 bits per heavy atom. The van der Waals surface area contributed by atoms with E-state index < -0.39 is 0 Å². The van der Waals surface area contributed by atoms with E-state index in [0.717, 1.165) is 22.7 Å². The van der Waals surface area contributed by atoms with Crippen molar-refractivity contribution >= 4 is 17.3 Å². The molecule has 2 rings (SSSR count). The highest BCUT2D eigenvalue weighted by Gasteiger charge is 2.04. The fraction of sp³-hybridized carbons (Fsp3) is 0.214. The molecular formula is C14H15ClN2O. The second kappa shape index (κ2) is 5.27. The normalized spacial score (nSPS) is 10.2. The van der Waals surface area contributed by atoms with Crippen molar-refractivity contribution in [1.29, 1.82) is 0 Å². The van der Waals surface area contributed by atoms with Crippen LogP contribution in [0.1, 0.15) is 5.56 Å². The Morgan fingerprint density at radius 2 is 2.00 bits per heavy atom. The van der Waals surface area contributed by atoms with E-state index in [1.165, 1.54) is 0 Å². The van der Waals surface area contributed by atoms with Gasteiger partial charge in [-0.15, -0.1) is 0 Å². The molecule has 0 atom stereocenters. The highest BCUT2D eigenvalue weighted by atomic mass is 35.5. The maximum Gasteiger partial charge on any atom is 0.134 e. The molecule has 0 saturated heterocycles. The van der Waals surface area contributed by atoms with Crippen molar-refractivity contribution in [2.45, 2.75) is 6.92 Å². The van der Waals surface area contributed by atoms with E-state index in [0.29, 0.717) is 5.15 Å². The quantitative estimate of drug-likeness (QED) is 0.785. The summed E-state index contributed by atoms with van der Waals surface area (Å²) >= 11 is 5.87. The molecule has 2 aromatic rings. The van der Waals surface area contributed by atoms with Crippen LogP contribution in [0.4, 0.5) is 5.69 Å². The van der Waals surface area contributed by atoms with Gasteiger partial charge in [-0.25, -0.2) is 4.98 Å². The first-order valence-corrected chi connectivity index (χ1v) is 6.01. The molecule has 0 radical (unpaired) electrons. The molecule has 1 aromatic heterocycles. The molecule has 0 aliphatic rings. The summed E-state index contributed by atoms with van der Waals surface area (Å²) in [5.41, 5.74) is 2.04. The smallest absolute Gasteiger partial charge is 0.134 e. The second-order valence-electron chi connectivity index (χ2n) is 4.27. The van der Waals surface area contributed by atoms with Gasteiger partial charge in [0.05, 0.1) is 0 Å². The molecule has 0 bridgehead atoms. The van der Waals surface area contributed by atoms with Gasteiger partial charge in [-0.1, -0.05) is 17.7 Å². The van der Waals surface area contributed by atoms with Crippen molar-refractivity contribution in [3.8, 4) is 11.5 Å². The first-order chi connectivity index (χ1) is 8.56. The number of anilines is 1. The largest absolute Gasteiger partial charge is 0.457 e. The van der Waals surface area contributed by atoms with Crippen LogP contribution in [-0.4, -0.2) is 19.1 Å². The van der Waals surface area contributed by atoms with Crippen molar-refractivity contribution in [3.05, 3.63) is 47.2 Å². The predicted molar refractivity (Wildman–Crippen MR) is 74.8 cm³/mol. The van der Waals surface area contributed by atoms with Crippen LogP contribution in [-0.2, 0) is 0 Å². The lowest BCUT2D eigenvalue weighted by Crippen LogP contribution is -2.08. The Kier molecular flexibility index (Phi) is 3.72. The summed E-state index contributed by atoms with van der Waals surface area (Å²) in [7, 11) is 3.99. The zero-order valence-electron chi connectivity index (χ0n) is 10.6. The maximum absolute atomic E-state index is 5.87. The molecule has 3 nitrogen and oxygen atoms in total. The predicted octanol–water partition coefficient (Wildman–Crippen LogP) is 3.90. The zero-order chi connectivity index (χ0) is 13.1.